The predicted molar refractivity (Wildman–Crippen MR) is 66.7 cm³/mol. The molecule has 0 saturated heterocycles. The Balaban J connectivity index is 1.98. The van der Waals surface area contributed by atoms with E-state index in [1.165, 1.54) is 0 Å². The monoisotopic (exact) mass is 250 g/mol. The van der Waals surface area contributed by atoms with Gasteiger partial charge in [-0.1, -0.05) is 12.1 Å². The molecule has 5 N–H and O–H groups in total. The summed E-state index contributed by atoms with van der Waals surface area (Å²) in [5, 5.41) is 8.92. The van der Waals surface area contributed by atoms with Gasteiger partial charge in [0.05, 0.1) is 6.61 Å². The van der Waals surface area contributed by atoms with Gasteiger partial charge in [0.1, 0.15) is 17.9 Å². The van der Waals surface area contributed by atoms with Gasteiger partial charge in [-0.2, -0.15) is 0 Å². The number of hydrogen-bond acceptors (Lipinski definition) is 4. The zero-order chi connectivity index (χ0) is 13.2. The van der Waals surface area contributed by atoms with Gasteiger partial charge in [-0.25, -0.2) is 0 Å². The number of rotatable bonds is 6. The van der Waals surface area contributed by atoms with Crippen LogP contribution in [0.3, 0.4) is 0 Å². The predicted octanol–water partition coefficient (Wildman–Crippen LogP) is 0.151. The van der Waals surface area contributed by atoms with Crippen molar-refractivity contribution in [3.05, 3.63) is 29.8 Å². The highest BCUT2D eigenvalue weighted by atomic mass is 16.5. The van der Waals surface area contributed by atoms with Crippen LogP contribution in [0.25, 0.3) is 0 Å². The van der Waals surface area contributed by atoms with Crippen molar-refractivity contribution >= 4 is 5.91 Å². The van der Waals surface area contributed by atoms with Gasteiger partial charge < -0.3 is 21.3 Å². The van der Waals surface area contributed by atoms with E-state index in [1.54, 1.807) is 24.3 Å². The number of carbonyl (C=O) groups excluding carboxylic acids is 1. The summed E-state index contributed by atoms with van der Waals surface area (Å²) in [5.41, 5.74) is 11.1. The summed E-state index contributed by atoms with van der Waals surface area (Å²) in [6, 6.07) is 6.99. The molecule has 0 bridgehead atoms. The van der Waals surface area contributed by atoms with Crippen molar-refractivity contribution in [2.24, 2.45) is 17.4 Å². The number of aliphatic hydroxyl groups is 1. The molecule has 1 fully saturated rings. The Hall–Kier alpha value is -1.59. The summed E-state index contributed by atoms with van der Waals surface area (Å²) < 4.78 is 5.53. The number of carbonyl (C=O) groups is 1. The quantitative estimate of drug-likeness (QED) is 0.669. The maximum Gasteiger partial charge on any atom is 0.241 e. The van der Waals surface area contributed by atoms with Crippen LogP contribution in [0.5, 0.6) is 5.75 Å². The van der Waals surface area contributed by atoms with E-state index in [1.807, 2.05) is 0 Å². The van der Waals surface area contributed by atoms with Crippen molar-refractivity contribution in [2.45, 2.75) is 25.0 Å². The highest BCUT2D eigenvalue weighted by molar-refractivity contribution is 5.85. The summed E-state index contributed by atoms with van der Waals surface area (Å²) in [6.07, 6.45) is 1.85. The second-order valence-corrected chi connectivity index (χ2v) is 4.77. The minimum atomic E-state index is -1.07. The molecule has 0 aliphatic heterocycles. The summed E-state index contributed by atoms with van der Waals surface area (Å²) in [4.78, 5) is 11.4. The number of primary amides is 1. The molecule has 1 aromatic carbocycles. The van der Waals surface area contributed by atoms with Crippen LogP contribution >= 0.6 is 0 Å². The Kier molecular flexibility index (Phi) is 3.54. The summed E-state index contributed by atoms with van der Waals surface area (Å²) in [5.74, 6) is 0.229. The molecule has 1 unspecified atom stereocenters. The minimum Gasteiger partial charge on any atom is -0.491 e. The number of nitrogens with two attached hydrogens (primary N) is 2. The van der Waals surface area contributed by atoms with Gasteiger partial charge in [0.25, 0.3) is 0 Å². The number of amides is 1. The van der Waals surface area contributed by atoms with Gasteiger partial charge in [0.15, 0.2) is 0 Å². The smallest absolute Gasteiger partial charge is 0.241 e. The van der Waals surface area contributed by atoms with Gasteiger partial charge in [-0.15, -0.1) is 0 Å². The van der Waals surface area contributed by atoms with Gasteiger partial charge in [-0.05, 0) is 36.5 Å². The fourth-order valence-electron chi connectivity index (χ4n) is 1.88. The Labute approximate surface area is 106 Å². The maximum absolute atomic E-state index is 11.4. The molecule has 1 aliphatic rings. The van der Waals surface area contributed by atoms with E-state index in [0.717, 1.165) is 18.4 Å². The van der Waals surface area contributed by atoms with Crippen LogP contribution in [0.4, 0.5) is 0 Å². The zero-order valence-corrected chi connectivity index (χ0v) is 10.1. The Bertz CT molecular complexity index is 428. The zero-order valence-electron chi connectivity index (χ0n) is 10.1. The summed E-state index contributed by atoms with van der Waals surface area (Å²) in [7, 11) is 0. The van der Waals surface area contributed by atoms with E-state index in [9.17, 15) is 4.79 Å². The van der Waals surface area contributed by atoms with Gasteiger partial charge in [0, 0.05) is 0 Å². The van der Waals surface area contributed by atoms with Crippen LogP contribution in [-0.2, 0) is 11.4 Å². The number of aliphatic hydroxyl groups excluding tert-OH is 1. The number of ether oxygens (including phenoxy) is 1. The van der Waals surface area contributed by atoms with Gasteiger partial charge >= 0.3 is 0 Å². The molecule has 1 saturated carbocycles. The van der Waals surface area contributed by atoms with E-state index in [-0.39, 0.29) is 19.1 Å². The fraction of sp³-hybridized carbons (Fsp3) is 0.462. The van der Waals surface area contributed by atoms with Crippen molar-refractivity contribution in [3.8, 4) is 5.75 Å². The molecule has 1 aromatic rings. The van der Waals surface area contributed by atoms with Crippen LogP contribution in [-0.4, -0.2) is 23.2 Å². The molecule has 1 amide bonds. The lowest BCUT2D eigenvalue weighted by Crippen LogP contribution is -2.58. The SMILES string of the molecule is NC(=O)C(N)(COc1ccc(CO)cc1)C1CC1. The Morgan fingerprint density at radius 2 is 2.00 bits per heavy atom. The molecule has 5 heteroatoms. The largest absolute Gasteiger partial charge is 0.491 e. The molecule has 0 aromatic heterocycles. The van der Waals surface area contributed by atoms with E-state index >= 15 is 0 Å². The van der Waals surface area contributed by atoms with E-state index in [4.69, 9.17) is 21.3 Å². The molecule has 5 nitrogen and oxygen atoms in total. The highest BCUT2D eigenvalue weighted by Gasteiger charge is 2.47. The van der Waals surface area contributed by atoms with E-state index in [0.29, 0.717) is 5.75 Å². The van der Waals surface area contributed by atoms with Crippen LogP contribution in [0.1, 0.15) is 18.4 Å². The third kappa shape index (κ3) is 2.63. The second-order valence-electron chi connectivity index (χ2n) is 4.77. The number of hydrogen-bond donors (Lipinski definition) is 3. The molecule has 1 atom stereocenters. The van der Waals surface area contributed by atoms with Crippen molar-refractivity contribution in [1.82, 2.24) is 0 Å². The molecular formula is C13H18N2O3. The fourth-order valence-corrected chi connectivity index (χ4v) is 1.88. The van der Waals surface area contributed by atoms with Crippen LogP contribution in [0.15, 0.2) is 24.3 Å². The summed E-state index contributed by atoms with van der Waals surface area (Å²) >= 11 is 0. The average Bonchev–Trinajstić information content (AvgIpc) is 3.21. The number of benzene rings is 1. The lowest BCUT2D eigenvalue weighted by atomic mass is 9.95. The van der Waals surface area contributed by atoms with Gasteiger partial charge in [0.2, 0.25) is 5.91 Å². The normalized spacial score (nSPS) is 18.1. The third-order valence-electron chi connectivity index (χ3n) is 3.35. The van der Waals surface area contributed by atoms with Crippen molar-refractivity contribution in [1.29, 1.82) is 0 Å². The first-order valence-corrected chi connectivity index (χ1v) is 5.97. The van der Waals surface area contributed by atoms with Crippen molar-refractivity contribution < 1.29 is 14.6 Å². The highest BCUT2D eigenvalue weighted by Crippen LogP contribution is 2.38. The molecular weight excluding hydrogens is 232 g/mol. The first-order chi connectivity index (χ1) is 8.56. The van der Waals surface area contributed by atoms with Crippen molar-refractivity contribution in [3.63, 3.8) is 0 Å². The molecule has 0 radical (unpaired) electrons. The lowest BCUT2D eigenvalue weighted by molar-refractivity contribution is -0.125. The summed E-state index contributed by atoms with van der Waals surface area (Å²) in [6.45, 7) is 0.0793. The first-order valence-electron chi connectivity index (χ1n) is 5.97. The molecule has 1 aliphatic carbocycles. The second kappa shape index (κ2) is 4.96. The molecule has 0 heterocycles. The van der Waals surface area contributed by atoms with Crippen LogP contribution < -0.4 is 16.2 Å². The topological polar surface area (TPSA) is 98.6 Å². The molecule has 18 heavy (non-hydrogen) atoms. The van der Waals surface area contributed by atoms with E-state index in [2.05, 4.69) is 0 Å². The minimum absolute atomic E-state index is 0.00946. The lowest BCUT2D eigenvalue weighted by Gasteiger charge is -2.25. The molecule has 98 valence electrons. The maximum atomic E-state index is 11.4. The standard InChI is InChI=1S/C13H18N2O3/c14-12(17)13(15,10-3-4-10)8-18-11-5-1-9(7-16)2-6-11/h1-2,5-6,10,16H,3-4,7-8,15H2,(H2,14,17). The Morgan fingerprint density at radius 3 is 2.44 bits per heavy atom. The third-order valence-corrected chi connectivity index (χ3v) is 3.35. The first kappa shape index (κ1) is 12.9. The van der Waals surface area contributed by atoms with Crippen LogP contribution in [0.2, 0.25) is 0 Å². The Morgan fingerprint density at radius 1 is 1.39 bits per heavy atom. The molecule has 2 rings (SSSR count). The van der Waals surface area contributed by atoms with Gasteiger partial charge in [-0.3, -0.25) is 4.79 Å². The average molecular weight is 250 g/mol. The van der Waals surface area contributed by atoms with Crippen molar-refractivity contribution in [2.75, 3.05) is 6.61 Å². The molecule has 0 spiro atoms. The van der Waals surface area contributed by atoms with Crippen LogP contribution in [0, 0.1) is 5.92 Å². The van der Waals surface area contributed by atoms with E-state index < -0.39 is 11.4 Å².